The average molecular weight is 558 g/mol. The minimum atomic E-state index is -0.961. The summed E-state index contributed by atoms with van der Waals surface area (Å²) in [4.78, 5) is 38.3. The number of urea groups is 1. The van der Waals surface area contributed by atoms with Gasteiger partial charge in [-0.2, -0.15) is 0 Å². The van der Waals surface area contributed by atoms with Gasteiger partial charge in [-0.05, 0) is 39.7 Å². The number of nitrogens with one attached hydrogen (secondary N) is 1. The van der Waals surface area contributed by atoms with Gasteiger partial charge in [0.05, 0.1) is 11.4 Å². The van der Waals surface area contributed by atoms with Crippen LogP contribution in [0.25, 0.3) is 5.65 Å². The first kappa shape index (κ1) is 29.0. The van der Waals surface area contributed by atoms with Crippen molar-refractivity contribution in [2.45, 2.75) is 60.2 Å². The number of nitrogens with zero attached hydrogens (tertiary/aromatic N) is 6. The van der Waals surface area contributed by atoms with Crippen LogP contribution in [0, 0.1) is 18.7 Å². The summed E-state index contributed by atoms with van der Waals surface area (Å²) < 4.78 is 36.7. The van der Waals surface area contributed by atoms with E-state index in [2.05, 4.69) is 36.1 Å². The Balaban J connectivity index is 0.000000867. The van der Waals surface area contributed by atoms with E-state index in [1.807, 2.05) is 25.7 Å². The van der Waals surface area contributed by atoms with Gasteiger partial charge < -0.3 is 24.3 Å². The number of hydrogen-bond acceptors (Lipinski definition) is 6. The molecule has 40 heavy (non-hydrogen) atoms. The van der Waals surface area contributed by atoms with Crippen LogP contribution in [0.15, 0.2) is 47.3 Å². The SMILES string of the molecule is CC(C)C.Cc1cn2cc(C3N=C4C(F)=CC(N5CCN(C(=O)OC(C)(C)C)CC5)=CN4C(=O)N3)cc(F)c2n1. The molecule has 2 aromatic rings. The number of carbonyl (C=O) groups is 2. The second kappa shape index (κ2) is 11.3. The highest BCUT2D eigenvalue weighted by atomic mass is 19.1. The molecule has 1 unspecified atom stereocenters. The van der Waals surface area contributed by atoms with E-state index in [4.69, 9.17) is 4.74 Å². The van der Waals surface area contributed by atoms with Gasteiger partial charge in [-0.25, -0.2) is 33.2 Å². The molecule has 1 atom stereocenters. The smallest absolute Gasteiger partial charge is 0.410 e. The lowest BCUT2D eigenvalue weighted by atomic mass is 10.1. The number of carbonyl (C=O) groups excluding carboxylic acids is 2. The number of piperazine rings is 1. The predicted molar refractivity (Wildman–Crippen MR) is 148 cm³/mol. The molecule has 3 aliphatic rings. The number of imidazole rings is 1. The molecule has 0 aromatic carbocycles. The van der Waals surface area contributed by atoms with Gasteiger partial charge in [0.2, 0.25) is 0 Å². The maximum atomic E-state index is 15.2. The summed E-state index contributed by atoms with van der Waals surface area (Å²) in [6, 6.07) is 0.655. The van der Waals surface area contributed by atoms with Crippen LogP contribution in [0.5, 0.6) is 0 Å². The van der Waals surface area contributed by atoms with Crippen LogP contribution in [0.1, 0.15) is 59.0 Å². The summed E-state index contributed by atoms with van der Waals surface area (Å²) in [5, 5.41) is 2.69. The highest BCUT2D eigenvalue weighted by molar-refractivity contribution is 6.09. The molecule has 3 aliphatic heterocycles. The number of pyridine rings is 1. The van der Waals surface area contributed by atoms with Crippen molar-refractivity contribution in [1.29, 1.82) is 0 Å². The number of amidine groups is 1. The van der Waals surface area contributed by atoms with Crippen LogP contribution in [0.4, 0.5) is 18.4 Å². The Kier molecular flexibility index (Phi) is 8.18. The summed E-state index contributed by atoms with van der Waals surface area (Å²) in [5.41, 5.74) is 1.07. The van der Waals surface area contributed by atoms with Crippen molar-refractivity contribution in [3.8, 4) is 0 Å². The van der Waals surface area contributed by atoms with E-state index in [-0.39, 0.29) is 11.5 Å². The Morgan fingerprint density at radius 1 is 1.12 bits per heavy atom. The van der Waals surface area contributed by atoms with Crippen molar-refractivity contribution in [3.63, 3.8) is 0 Å². The number of aliphatic imine (C=N–C) groups is 1. The number of ether oxygens (including phenoxy) is 1. The van der Waals surface area contributed by atoms with E-state index in [0.29, 0.717) is 43.1 Å². The zero-order valence-electron chi connectivity index (χ0n) is 24.0. The number of halogens is 2. The molecule has 0 radical (unpaired) electrons. The molecule has 1 N–H and O–H groups in total. The number of allylic oxidation sites excluding steroid dienone is 1. The van der Waals surface area contributed by atoms with E-state index in [1.54, 1.807) is 24.2 Å². The Bertz CT molecular complexity index is 1380. The Morgan fingerprint density at radius 3 is 2.40 bits per heavy atom. The number of hydrogen-bond donors (Lipinski definition) is 1. The molecular formula is C28H37F2N7O3. The number of amides is 3. The van der Waals surface area contributed by atoms with Crippen LogP contribution in [-0.4, -0.2) is 73.8 Å². The van der Waals surface area contributed by atoms with Gasteiger partial charge in [0.25, 0.3) is 0 Å². The third-order valence-electron chi connectivity index (χ3n) is 5.97. The molecule has 216 valence electrons. The minimum absolute atomic E-state index is 0.151. The first-order valence-electron chi connectivity index (χ1n) is 13.4. The van der Waals surface area contributed by atoms with Crippen LogP contribution >= 0.6 is 0 Å². The standard InChI is InChI=1S/C24H27F2N7O3.C4H10/c1-14-11-32-12-15(9-17(25)20(32)27-14)19-28-21-18(26)10-16(13-33(21)22(34)29-19)30-5-7-31(8-6-30)23(35)36-24(2,3)4;1-4(2)3/h9-13,19H,5-8H2,1-4H3,(H,29,34);4H,1-3H3. The second-order valence-corrected chi connectivity index (χ2v) is 11.6. The first-order chi connectivity index (χ1) is 18.7. The molecule has 12 heteroatoms. The van der Waals surface area contributed by atoms with Crippen molar-refractivity contribution < 1.29 is 23.1 Å². The molecule has 0 saturated carbocycles. The molecule has 0 aliphatic carbocycles. The molecule has 1 fully saturated rings. The fourth-order valence-electron chi connectivity index (χ4n) is 4.31. The van der Waals surface area contributed by atoms with E-state index in [0.717, 1.165) is 10.8 Å². The van der Waals surface area contributed by atoms with Crippen molar-refractivity contribution in [2.24, 2.45) is 10.9 Å². The number of aryl methyl sites for hydroxylation is 1. The predicted octanol–water partition coefficient (Wildman–Crippen LogP) is 5.13. The van der Waals surface area contributed by atoms with Gasteiger partial charge in [-0.1, -0.05) is 20.8 Å². The quantitative estimate of drug-likeness (QED) is 0.553. The fraction of sp³-hybridized carbons (Fsp3) is 0.500. The van der Waals surface area contributed by atoms with E-state index < -0.39 is 35.5 Å². The van der Waals surface area contributed by atoms with E-state index >= 15 is 4.39 Å². The zero-order chi connectivity index (χ0) is 29.4. The minimum Gasteiger partial charge on any atom is -0.444 e. The lowest BCUT2D eigenvalue weighted by molar-refractivity contribution is 0.0170. The Labute approximate surface area is 233 Å². The molecule has 10 nitrogen and oxygen atoms in total. The molecule has 5 heterocycles. The lowest BCUT2D eigenvalue weighted by Crippen LogP contribution is -2.51. The van der Waals surface area contributed by atoms with Crippen molar-refractivity contribution in [1.82, 2.24) is 29.4 Å². The van der Waals surface area contributed by atoms with Crippen molar-refractivity contribution in [3.05, 3.63) is 59.3 Å². The van der Waals surface area contributed by atoms with Gasteiger partial charge in [0, 0.05) is 56.4 Å². The summed E-state index contributed by atoms with van der Waals surface area (Å²) in [7, 11) is 0. The van der Waals surface area contributed by atoms with Crippen LogP contribution < -0.4 is 5.32 Å². The number of rotatable bonds is 2. The maximum Gasteiger partial charge on any atom is 0.410 e. The molecule has 0 spiro atoms. The summed E-state index contributed by atoms with van der Waals surface area (Å²) >= 11 is 0. The maximum absolute atomic E-state index is 15.2. The van der Waals surface area contributed by atoms with Gasteiger partial charge >= 0.3 is 12.1 Å². The summed E-state index contributed by atoms with van der Waals surface area (Å²) in [6.45, 7) is 15.4. The Hall–Kier alpha value is -3.96. The van der Waals surface area contributed by atoms with Gasteiger partial charge in [-0.3, -0.25) is 0 Å². The number of fused-ring (bicyclic) bond motifs is 2. The average Bonchev–Trinajstić information content (AvgIpc) is 3.24. The molecule has 0 bridgehead atoms. The topological polar surface area (TPSA) is 94.8 Å². The third-order valence-corrected chi connectivity index (χ3v) is 5.97. The van der Waals surface area contributed by atoms with Crippen LogP contribution in [0.3, 0.4) is 0 Å². The Morgan fingerprint density at radius 2 is 1.77 bits per heavy atom. The number of aromatic nitrogens is 2. The molecule has 5 rings (SSSR count). The molecule has 3 amide bonds. The van der Waals surface area contributed by atoms with Gasteiger partial charge in [0.15, 0.2) is 29.3 Å². The first-order valence-corrected chi connectivity index (χ1v) is 13.4. The molecule has 1 saturated heterocycles. The lowest BCUT2D eigenvalue weighted by Gasteiger charge is -2.39. The monoisotopic (exact) mass is 557 g/mol. The van der Waals surface area contributed by atoms with Crippen LogP contribution in [-0.2, 0) is 4.74 Å². The molecular weight excluding hydrogens is 520 g/mol. The normalized spacial score (nSPS) is 19.4. The van der Waals surface area contributed by atoms with E-state index in [1.165, 1.54) is 22.7 Å². The van der Waals surface area contributed by atoms with Crippen molar-refractivity contribution >= 4 is 23.6 Å². The largest absolute Gasteiger partial charge is 0.444 e. The fourth-order valence-corrected chi connectivity index (χ4v) is 4.31. The second-order valence-electron chi connectivity index (χ2n) is 11.6. The van der Waals surface area contributed by atoms with E-state index in [9.17, 15) is 14.0 Å². The van der Waals surface area contributed by atoms with Gasteiger partial charge in [0.1, 0.15) is 5.60 Å². The van der Waals surface area contributed by atoms with Crippen LogP contribution in [0.2, 0.25) is 0 Å². The van der Waals surface area contributed by atoms with Gasteiger partial charge in [-0.15, -0.1) is 0 Å². The zero-order valence-corrected chi connectivity index (χ0v) is 24.0. The highest BCUT2D eigenvalue weighted by Crippen LogP contribution is 2.29. The molecule has 2 aromatic heterocycles. The highest BCUT2D eigenvalue weighted by Gasteiger charge is 2.35. The summed E-state index contributed by atoms with van der Waals surface area (Å²) in [6.07, 6.45) is 4.75. The summed E-state index contributed by atoms with van der Waals surface area (Å²) in [5.74, 6) is -0.561. The van der Waals surface area contributed by atoms with Crippen molar-refractivity contribution in [2.75, 3.05) is 26.2 Å². The third kappa shape index (κ3) is 6.60.